The van der Waals surface area contributed by atoms with Gasteiger partial charge < -0.3 is 37.2 Å². The molecular weight excluding hydrogens is 1070 g/mol. The molecule has 6 rings (SSSR count). The van der Waals surface area contributed by atoms with E-state index in [9.17, 15) is 38.4 Å². The van der Waals surface area contributed by atoms with Gasteiger partial charge in [0.2, 0.25) is 11.8 Å². The number of nitrogens with one attached hydrogen (secondary N) is 7. The van der Waals surface area contributed by atoms with E-state index in [-0.39, 0.29) is 124 Å². The van der Waals surface area contributed by atoms with E-state index in [0.29, 0.717) is 40.2 Å². The van der Waals surface area contributed by atoms with Crippen LogP contribution in [0.2, 0.25) is 0 Å². The summed E-state index contributed by atoms with van der Waals surface area (Å²) in [6.07, 6.45) is 3.87. The Morgan fingerprint density at radius 2 is 0.541 bits per heavy atom. The first-order chi connectivity index (χ1) is 38.5. The number of carbonyl (C=O) groups is 8. The molecule has 1 fully saturated rings. The van der Waals surface area contributed by atoms with Crippen LogP contribution in [0.1, 0.15) is 227 Å². The molecule has 0 radical (unpaired) electrons. The maximum absolute atomic E-state index is 12.1. The summed E-state index contributed by atoms with van der Waals surface area (Å²) < 4.78 is 0. The molecule has 0 spiro atoms. The van der Waals surface area contributed by atoms with Crippen molar-refractivity contribution in [1.82, 2.24) is 37.2 Å². The topological polar surface area (TPSA) is 221 Å². The third-order valence-corrected chi connectivity index (χ3v) is 12.5. The predicted molar refractivity (Wildman–Crippen MR) is 351 cm³/mol. The smallest absolute Gasteiger partial charge is 0.251 e. The number of Topliss-reactive ketones (excluding diaryl/α,β-unsaturated/α-hetero) is 1. The van der Waals surface area contributed by atoms with Crippen LogP contribution in [0.5, 0.6) is 0 Å². The molecule has 468 valence electrons. The molecule has 1 aliphatic carbocycles. The fourth-order valence-corrected chi connectivity index (χ4v) is 8.60. The summed E-state index contributed by atoms with van der Waals surface area (Å²) in [7, 11) is 0. The van der Waals surface area contributed by atoms with Crippen LogP contribution in [0.4, 0.5) is 0 Å². The zero-order valence-electron chi connectivity index (χ0n) is 51.5. The zero-order valence-corrected chi connectivity index (χ0v) is 51.5. The van der Waals surface area contributed by atoms with Crippen LogP contribution >= 0.6 is 0 Å². The number of hydrogen-bond donors (Lipinski definition) is 7. The molecule has 0 bridgehead atoms. The van der Waals surface area contributed by atoms with Gasteiger partial charge in [-0.2, -0.15) is 0 Å². The largest absolute Gasteiger partial charge is 0.354 e. The average molecular weight is 1170 g/mol. The summed E-state index contributed by atoms with van der Waals surface area (Å²) in [5.74, 6) is 0.531. The van der Waals surface area contributed by atoms with E-state index in [2.05, 4.69) is 37.2 Å². The Labute approximate surface area is 510 Å². The highest BCUT2D eigenvalue weighted by Gasteiger charge is 2.30. The van der Waals surface area contributed by atoms with Crippen molar-refractivity contribution in [1.29, 1.82) is 0 Å². The van der Waals surface area contributed by atoms with Gasteiger partial charge in [0.15, 0.2) is 5.78 Å². The molecule has 0 atom stereocenters. The first kappa shape index (κ1) is 77.3. The van der Waals surface area contributed by atoms with Crippen LogP contribution in [-0.4, -0.2) is 89.4 Å². The summed E-state index contributed by atoms with van der Waals surface area (Å²) in [6, 6.07) is 33.7. The molecule has 5 aromatic rings. The zero-order chi connectivity index (χ0) is 61.4. The minimum absolute atomic E-state index is 0. The predicted octanol–water partition coefficient (Wildman–Crippen LogP) is 13.6. The summed E-state index contributed by atoms with van der Waals surface area (Å²) in [4.78, 5) is 95.2. The minimum Gasteiger partial charge on any atom is -0.354 e. The van der Waals surface area contributed by atoms with Gasteiger partial charge >= 0.3 is 0 Å². The van der Waals surface area contributed by atoms with Crippen molar-refractivity contribution in [2.24, 2.45) is 17.8 Å². The van der Waals surface area contributed by atoms with Crippen LogP contribution in [-0.2, 0) is 9.59 Å². The summed E-state index contributed by atoms with van der Waals surface area (Å²) in [5.41, 5.74) is 5.79. The van der Waals surface area contributed by atoms with Gasteiger partial charge in [0.1, 0.15) is 0 Å². The van der Waals surface area contributed by atoms with Crippen molar-refractivity contribution in [3.63, 3.8) is 0 Å². The number of ketones is 1. The number of amides is 7. The number of fused-ring (bicyclic) bond motifs is 1. The molecule has 15 nitrogen and oxygen atoms in total. The second-order valence-electron chi connectivity index (χ2n) is 23.5. The Hall–Kier alpha value is -7.68. The number of rotatable bonds is 18. The van der Waals surface area contributed by atoms with Crippen molar-refractivity contribution in [2.75, 3.05) is 0 Å². The molecule has 0 saturated heterocycles. The lowest BCUT2D eigenvalue weighted by Crippen LogP contribution is -2.40. The lowest BCUT2D eigenvalue weighted by molar-refractivity contribution is -0.131. The SMILES string of the molecule is C.C.C.CC(C)CC(=O)c1ccc2cc(C(=O)NC(C)C)ccc2c1.CC(C)NC(=O)C1CCC(C(=O)NC(C)C)CC1.CC(C)NC(=O)c1ccc(-c2ccc(C(=O)NC(C)C)cc2)cc1.CC(C)NC(=O)c1ccc(C(=O)NC(C)C)cc1. The van der Waals surface area contributed by atoms with Gasteiger partial charge in [-0.15, -0.1) is 0 Å². The molecular formula is C70H105N7O8. The van der Waals surface area contributed by atoms with Crippen molar-refractivity contribution in [3.8, 4) is 11.1 Å². The van der Waals surface area contributed by atoms with Gasteiger partial charge in [0.05, 0.1) is 0 Å². The fourth-order valence-electron chi connectivity index (χ4n) is 8.60. The van der Waals surface area contributed by atoms with Gasteiger partial charge in [0.25, 0.3) is 29.5 Å². The third-order valence-electron chi connectivity index (χ3n) is 12.5. The van der Waals surface area contributed by atoms with Gasteiger partial charge in [-0.3, -0.25) is 38.4 Å². The van der Waals surface area contributed by atoms with Crippen LogP contribution < -0.4 is 37.2 Å². The van der Waals surface area contributed by atoms with Crippen LogP contribution in [0.25, 0.3) is 21.9 Å². The quantitative estimate of drug-likeness (QED) is 0.0417. The Balaban J connectivity index is 0.00000110. The second-order valence-corrected chi connectivity index (χ2v) is 23.5. The van der Waals surface area contributed by atoms with E-state index < -0.39 is 0 Å². The maximum atomic E-state index is 12.1. The van der Waals surface area contributed by atoms with Gasteiger partial charge in [0, 0.05) is 93.9 Å². The normalized spacial score (nSPS) is 13.3. The van der Waals surface area contributed by atoms with Crippen LogP contribution in [0.15, 0.2) is 109 Å². The minimum atomic E-state index is -0.124. The van der Waals surface area contributed by atoms with Crippen molar-refractivity contribution in [2.45, 2.75) is 207 Å². The van der Waals surface area contributed by atoms with E-state index in [1.54, 1.807) is 30.3 Å². The molecule has 0 heterocycles. The van der Waals surface area contributed by atoms with Gasteiger partial charge in [-0.25, -0.2) is 0 Å². The standard InChI is InChI=1S/C20H24N2O2.C19H23NO2.C14H26N2O2.C14H20N2O2.3CH4/c1-13(2)21-19(23)17-9-5-15(6-10-17)16-7-11-18(12-8-16)20(24)22-14(3)4;1-12(2)9-18(21)16-7-5-15-11-17(8-6-14(15)10-16)19(22)20-13(3)4;2*1-9(2)15-13(17)11-5-7-12(8-6-11)14(18)16-10(3)4;;;/h5-14H,1-4H3,(H,21,23)(H,22,24);5-8,10-13H,9H2,1-4H3,(H,20,22);9-12H,5-8H2,1-4H3,(H,15,17)(H,16,18);5-10H,1-4H3,(H,15,17)(H,16,18);3*1H4. The average Bonchev–Trinajstić information content (AvgIpc) is 3.48. The molecule has 0 aliphatic heterocycles. The number of carbonyl (C=O) groups excluding carboxylic acids is 8. The molecule has 0 aromatic heterocycles. The fraction of sp³-hybridized carbons (Fsp3) is 0.486. The monoisotopic (exact) mass is 1170 g/mol. The molecule has 0 unspecified atom stereocenters. The van der Waals surface area contributed by atoms with Gasteiger partial charge in [-0.05, 0) is 217 Å². The molecule has 5 aromatic carbocycles. The lowest BCUT2D eigenvalue weighted by Gasteiger charge is -2.28. The summed E-state index contributed by atoms with van der Waals surface area (Å²) >= 11 is 0. The molecule has 1 aliphatic rings. The summed E-state index contributed by atoms with van der Waals surface area (Å²) in [5, 5.41) is 22.1. The number of hydrogen-bond acceptors (Lipinski definition) is 8. The van der Waals surface area contributed by atoms with Crippen molar-refractivity contribution < 1.29 is 38.4 Å². The Bertz CT molecular complexity index is 2690. The lowest BCUT2D eigenvalue weighted by atomic mass is 9.81. The number of benzene rings is 5. The van der Waals surface area contributed by atoms with Crippen molar-refractivity contribution >= 4 is 57.9 Å². The van der Waals surface area contributed by atoms with E-state index in [4.69, 9.17) is 0 Å². The highest BCUT2D eigenvalue weighted by Crippen LogP contribution is 2.29. The molecule has 15 heteroatoms. The Morgan fingerprint density at radius 3 is 0.800 bits per heavy atom. The molecule has 85 heavy (non-hydrogen) atoms. The molecule has 1 saturated carbocycles. The molecule has 7 N–H and O–H groups in total. The summed E-state index contributed by atoms with van der Waals surface area (Å²) in [6.45, 7) is 31.2. The van der Waals surface area contributed by atoms with Crippen molar-refractivity contribution in [3.05, 3.63) is 143 Å². The van der Waals surface area contributed by atoms with E-state index >= 15 is 0 Å². The Morgan fingerprint density at radius 1 is 0.318 bits per heavy atom. The highest BCUT2D eigenvalue weighted by atomic mass is 16.2. The van der Waals surface area contributed by atoms with E-state index in [0.717, 1.165) is 53.1 Å². The van der Waals surface area contributed by atoms with E-state index in [1.165, 1.54) is 0 Å². The third kappa shape index (κ3) is 28.2. The van der Waals surface area contributed by atoms with Crippen LogP contribution in [0, 0.1) is 17.8 Å². The van der Waals surface area contributed by atoms with Crippen LogP contribution in [0.3, 0.4) is 0 Å². The molecule has 7 amide bonds. The van der Waals surface area contributed by atoms with E-state index in [1.807, 2.05) is 190 Å². The maximum Gasteiger partial charge on any atom is 0.251 e. The first-order valence-corrected chi connectivity index (χ1v) is 29.1. The second kappa shape index (κ2) is 38.3. The van der Waals surface area contributed by atoms with Gasteiger partial charge in [-0.1, -0.05) is 78.6 Å². The first-order valence-electron chi connectivity index (χ1n) is 29.1. The Kier molecular flexibility index (Phi) is 34.8. The highest BCUT2D eigenvalue weighted by molar-refractivity contribution is 6.03.